The van der Waals surface area contributed by atoms with Crippen molar-refractivity contribution in [2.24, 2.45) is 0 Å². The summed E-state index contributed by atoms with van der Waals surface area (Å²) in [5, 5.41) is 18.2. The molecule has 0 heterocycles. The number of benzene rings is 1. The van der Waals surface area contributed by atoms with Crippen molar-refractivity contribution in [1.82, 2.24) is 0 Å². The van der Waals surface area contributed by atoms with E-state index in [1.807, 2.05) is 30.3 Å². The van der Waals surface area contributed by atoms with Gasteiger partial charge in [-0.05, 0) is 5.56 Å². The van der Waals surface area contributed by atoms with Gasteiger partial charge in [-0.2, -0.15) is 0 Å². The van der Waals surface area contributed by atoms with Crippen LogP contribution >= 0.6 is 0 Å². The van der Waals surface area contributed by atoms with Gasteiger partial charge in [0.05, 0.1) is 79.3 Å². The van der Waals surface area contributed by atoms with E-state index in [0.717, 1.165) is 5.56 Å². The lowest BCUT2D eigenvalue weighted by Gasteiger charge is -2.13. The Bertz CT molecular complexity index is 447. The van der Waals surface area contributed by atoms with Gasteiger partial charge < -0.3 is 43.4 Å². The highest BCUT2D eigenvalue weighted by atomic mass is 16.7. The summed E-state index contributed by atoms with van der Waals surface area (Å²) >= 11 is 0. The van der Waals surface area contributed by atoms with Crippen molar-refractivity contribution in [3.63, 3.8) is 0 Å². The predicted molar refractivity (Wildman–Crippen MR) is 104 cm³/mol. The van der Waals surface area contributed by atoms with Crippen LogP contribution in [0.15, 0.2) is 30.3 Å². The lowest BCUT2D eigenvalue weighted by molar-refractivity contribution is -0.195. The number of ether oxygens (including phenoxy) is 7. The molecule has 0 aliphatic rings. The summed E-state index contributed by atoms with van der Waals surface area (Å²) in [6, 6.07) is 9.72. The predicted octanol–water partition coefficient (Wildman–Crippen LogP) is 0.571. The third-order valence-electron chi connectivity index (χ3n) is 3.44. The Morgan fingerprint density at radius 3 is 1.72 bits per heavy atom. The first-order valence-electron chi connectivity index (χ1n) is 9.74. The minimum absolute atomic E-state index is 0.00728. The summed E-state index contributed by atoms with van der Waals surface area (Å²) in [5.41, 5.74) is 1.04. The van der Waals surface area contributed by atoms with E-state index in [9.17, 15) is 5.11 Å². The van der Waals surface area contributed by atoms with Gasteiger partial charge in [-0.1, -0.05) is 30.3 Å². The fraction of sp³-hybridized carbons (Fsp3) is 0.700. The van der Waals surface area contributed by atoms with E-state index in [-0.39, 0.29) is 20.0 Å². The molecule has 1 aromatic rings. The van der Waals surface area contributed by atoms with Gasteiger partial charge in [0, 0.05) is 0 Å². The van der Waals surface area contributed by atoms with Gasteiger partial charge in [0.1, 0.15) is 6.79 Å². The van der Waals surface area contributed by atoms with Crippen LogP contribution in [-0.2, 0) is 39.8 Å². The lowest BCUT2D eigenvalue weighted by Crippen LogP contribution is -2.22. The van der Waals surface area contributed by atoms with E-state index < -0.39 is 6.29 Å². The standard InChI is InChI=1S/C20H34O9/c21-6-7-23-8-9-24-10-11-25-12-13-26-14-15-27-17-20(22)29-18-28-16-19-4-2-1-3-5-19/h1-5,20-22H,6-18H2. The first-order valence-corrected chi connectivity index (χ1v) is 9.74. The van der Waals surface area contributed by atoms with Crippen LogP contribution in [0.3, 0.4) is 0 Å². The Morgan fingerprint density at radius 2 is 1.17 bits per heavy atom. The van der Waals surface area contributed by atoms with E-state index in [2.05, 4.69) is 0 Å². The molecule has 0 amide bonds. The fourth-order valence-corrected chi connectivity index (χ4v) is 2.04. The van der Waals surface area contributed by atoms with Crippen molar-refractivity contribution in [2.45, 2.75) is 12.9 Å². The molecule has 168 valence electrons. The van der Waals surface area contributed by atoms with Gasteiger partial charge in [0.25, 0.3) is 0 Å². The van der Waals surface area contributed by atoms with Gasteiger partial charge in [-0.15, -0.1) is 0 Å². The van der Waals surface area contributed by atoms with Crippen LogP contribution in [0, 0.1) is 0 Å². The Hall–Kier alpha value is -1.14. The van der Waals surface area contributed by atoms with Crippen molar-refractivity contribution in [1.29, 1.82) is 0 Å². The Kier molecular flexibility index (Phi) is 18.0. The average Bonchev–Trinajstić information content (AvgIpc) is 2.75. The summed E-state index contributed by atoms with van der Waals surface area (Å²) in [6.45, 7) is 4.40. The Balaban J connectivity index is 1.74. The van der Waals surface area contributed by atoms with E-state index in [4.69, 9.17) is 38.3 Å². The maximum atomic E-state index is 9.63. The number of hydrogen-bond acceptors (Lipinski definition) is 9. The molecule has 0 radical (unpaired) electrons. The van der Waals surface area contributed by atoms with E-state index in [0.29, 0.717) is 66.1 Å². The molecule has 1 atom stereocenters. The van der Waals surface area contributed by atoms with Crippen LogP contribution in [-0.4, -0.2) is 96.0 Å². The number of aliphatic hydroxyl groups is 2. The molecular formula is C20H34O9. The third-order valence-corrected chi connectivity index (χ3v) is 3.44. The Morgan fingerprint density at radius 1 is 0.655 bits per heavy atom. The molecule has 29 heavy (non-hydrogen) atoms. The molecule has 0 saturated carbocycles. The zero-order chi connectivity index (χ0) is 20.8. The molecule has 1 rings (SSSR count). The zero-order valence-corrected chi connectivity index (χ0v) is 16.9. The molecular weight excluding hydrogens is 384 g/mol. The highest BCUT2D eigenvalue weighted by molar-refractivity contribution is 5.13. The molecule has 0 bridgehead atoms. The maximum Gasteiger partial charge on any atom is 0.180 e. The van der Waals surface area contributed by atoms with Crippen LogP contribution in [0.5, 0.6) is 0 Å². The van der Waals surface area contributed by atoms with Gasteiger partial charge in [-0.3, -0.25) is 0 Å². The largest absolute Gasteiger partial charge is 0.394 e. The van der Waals surface area contributed by atoms with Crippen molar-refractivity contribution < 1.29 is 43.4 Å². The number of rotatable bonds is 21. The summed E-state index contributed by atoms with van der Waals surface area (Å²) in [4.78, 5) is 0. The second kappa shape index (κ2) is 20.1. The topological polar surface area (TPSA) is 105 Å². The van der Waals surface area contributed by atoms with Gasteiger partial charge >= 0.3 is 0 Å². The summed E-state index contributed by atoms with van der Waals surface area (Å²) in [6.07, 6.45) is -1.04. The van der Waals surface area contributed by atoms with Crippen LogP contribution in [0.4, 0.5) is 0 Å². The van der Waals surface area contributed by atoms with Crippen LogP contribution in [0.25, 0.3) is 0 Å². The quantitative estimate of drug-likeness (QED) is 0.219. The van der Waals surface area contributed by atoms with Crippen molar-refractivity contribution in [3.8, 4) is 0 Å². The molecule has 0 aliphatic carbocycles. The number of aliphatic hydroxyl groups excluding tert-OH is 2. The molecule has 1 aromatic carbocycles. The maximum absolute atomic E-state index is 9.63. The normalized spacial score (nSPS) is 12.3. The minimum Gasteiger partial charge on any atom is -0.394 e. The molecule has 9 heteroatoms. The van der Waals surface area contributed by atoms with E-state index in [1.165, 1.54) is 0 Å². The van der Waals surface area contributed by atoms with Crippen molar-refractivity contribution in [2.75, 3.05) is 79.5 Å². The molecule has 9 nitrogen and oxygen atoms in total. The molecule has 0 fully saturated rings. The molecule has 0 saturated heterocycles. The Labute approximate surface area is 172 Å². The van der Waals surface area contributed by atoms with E-state index >= 15 is 0 Å². The monoisotopic (exact) mass is 418 g/mol. The summed E-state index contributed by atoms with van der Waals surface area (Å²) in [7, 11) is 0. The smallest absolute Gasteiger partial charge is 0.180 e. The zero-order valence-electron chi connectivity index (χ0n) is 16.9. The highest BCUT2D eigenvalue weighted by Crippen LogP contribution is 2.01. The first kappa shape index (κ1) is 25.9. The second-order valence-electron chi connectivity index (χ2n) is 5.82. The molecule has 1 unspecified atom stereocenters. The molecule has 0 aromatic heterocycles. The van der Waals surface area contributed by atoms with Crippen LogP contribution in [0.2, 0.25) is 0 Å². The molecule has 2 N–H and O–H groups in total. The van der Waals surface area contributed by atoms with Gasteiger partial charge in [0.15, 0.2) is 6.29 Å². The highest BCUT2D eigenvalue weighted by Gasteiger charge is 2.04. The summed E-state index contributed by atoms with van der Waals surface area (Å²) in [5.74, 6) is 0. The summed E-state index contributed by atoms with van der Waals surface area (Å²) < 4.78 is 36.7. The molecule has 0 aliphatic heterocycles. The fourth-order valence-electron chi connectivity index (χ4n) is 2.04. The third kappa shape index (κ3) is 17.4. The van der Waals surface area contributed by atoms with Crippen molar-refractivity contribution >= 4 is 0 Å². The average molecular weight is 418 g/mol. The SMILES string of the molecule is OCCOCCOCCOCCOCCOCC(O)OCOCc1ccccc1. The van der Waals surface area contributed by atoms with Crippen molar-refractivity contribution in [3.05, 3.63) is 35.9 Å². The van der Waals surface area contributed by atoms with Gasteiger partial charge in [-0.25, -0.2) is 0 Å². The molecule has 0 spiro atoms. The first-order chi connectivity index (χ1) is 14.3. The van der Waals surface area contributed by atoms with Crippen LogP contribution < -0.4 is 0 Å². The number of hydrogen-bond donors (Lipinski definition) is 2. The van der Waals surface area contributed by atoms with E-state index in [1.54, 1.807) is 0 Å². The minimum atomic E-state index is -1.04. The van der Waals surface area contributed by atoms with Crippen LogP contribution in [0.1, 0.15) is 5.56 Å². The second-order valence-corrected chi connectivity index (χ2v) is 5.82. The van der Waals surface area contributed by atoms with Gasteiger partial charge in [0.2, 0.25) is 0 Å². The lowest BCUT2D eigenvalue weighted by atomic mass is 10.2.